The van der Waals surface area contributed by atoms with E-state index in [4.69, 9.17) is 0 Å². The van der Waals surface area contributed by atoms with Crippen LogP contribution < -0.4 is 10.6 Å². The van der Waals surface area contributed by atoms with Crippen molar-refractivity contribution in [2.45, 2.75) is 20.4 Å². The van der Waals surface area contributed by atoms with Gasteiger partial charge in [-0.05, 0) is 19.1 Å². The summed E-state index contributed by atoms with van der Waals surface area (Å²) in [5.74, 6) is -0.392. The van der Waals surface area contributed by atoms with Crippen molar-refractivity contribution in [3.8, 4) is 0 Å². The van der Waals surface area contributed by atoms with Gasteiger partial charge in [0, 0.05) is 18.7 Å². The Morgan fingerprint density at radius 1 is 1.40 bits per heavy atom. The summed E-state index contributed by atoms with van der Waals surface area (Å²) in [4.78, 5) is 27.0. The highest BCUT2D eigenvalue weighted by atomic mass is 16.2. The van der Waals surface area contributed by atoms with E-state index in [1.165, 1.54) is 13.1 Å². The van der Waals surface area contributed by atoms with E-state index in [-0.39, 0.29) is 11.8 Å². The number of hydrogen-bond donors (Lipinski definition) is 3. The Hall–Kier alpha value is -2.70. The number of nitrogens with zero attached hydrogens (tertiary/aromatic N) is 2. The predicted molar refractivity (Wildman–Crippen MR) is 73.0 cm³/mol. The van der Waals surface area contributed by atoms with Crippen molar-refractivity contribution in [1.29, 1.82) is 0 Å². The molecule has 0 radical (unpaired) electrons. The number of nitrogens with one attached hydrogen (secondary N) is 3. The third-order valence-electron chi connectivity index (χ3n) is 2.68. The Kier molecular flexibility index (Phi) is 4.09. The summed E-state index contributed by atoms with van der Waals surface area (Å²) < 4.78 is 0. The van der Waals surface area contributed by atoms with Gasteiger partial charge in [-0.25, -0.2) is 0 Å². The van der Waals surface area contributed by atoms with E-state index in [2.05, 4.69) is 25.8 Å². The van der Waals surface area contributed by atoms with Crippen molar-refractivity contribution < 1.29 is 9.59 Å². The van der Waals surface area contributed by atoms with Gasteiger partial charge in [0.15, 0.2) is 0 Å². The second-order valence-electron chi connectivity index (χ2n) is 4.31. The Balaban J connectivity index is 2.08. The molecule has 2 rings (SSSR count). The molecule has 0 saturated carbocycles. The lowest BCUT2D eigenvalue weighted by atomic mass is 10.2. The number of amides is 2. The number of hydrogen-bond acceptors (Lipinski definition) is 4. The maximum absolute atomic E-state index is 12.1. The molecular weight excluding hydrogens is 258 g/mol. The van der Waals surface area contributed by atoms with Crippen LogP contribution in [0.2, 0.25) is 0 Å². The fourth-order valence-corrected chi connectivity index (χ4v) is 1.60. The smallest absolute Gasteiger partial charge is 0.255 e. The summed E-state index contributed by atoms with van der Waals surface area (Å²) in [6.45, 7) is 3.54. The molecule has 0 atom stereocenters. The largest absolute Gasteiger partial charge is 0.351 e. The Morgan fingerprint density at radius 2 is 2.20 bits per heavy atom. The molecule has 104 valence electrons. The Bertz CT molecular complexity index is 635. The van der Waals surface area contributed by atoms with Crippen LogP contribution in [0.25, 0.3) is 0 Å². The molecule has 3 N–H and O–H groups in total. The molecule has 7 nitrogen and oxygen atoms in total. The lowest BCUT2D eigenvalue weighted by molar-refractivity contribution is -0.119. The van der Waals surface area contributed by atoms with E-state index in [0.717, 1.165) is 5.69 Å². The van der Waals surface area contributed by atoms with Gasteiger partial charge in [-0.2, -0.15) is 5.10 Å². The van der Waals surface area contributed by atoms with Crippen LogP contribution in [0.1, 0.15) is 28.7 Å². The van der Waals surface area contributed by atoms with Crippen LogP contribution in [-0.4, -0.2) is 27.0 Å². The van der Waals surface area contributed by atoms with E-state index in [0.29, 0.717) is 23.5 Å². The minimum absolute atomic E-state index is 0.143. The first-order chi connectivity index (χ1) is 9.56. The molecule has 0 spiro atoms. The molecule has 0 aliphatic heterocycles. The quantitative estimate of drug-likeness (QED) is 0.773. The van der Waals surface area contributed by atoms with Crippen molar-refractivity contribution in [2.75, 3.05) is 5.32 Å². The van der Waals surface area contributed by atoms with Crippen LogP contribution in [-0.2, 0) is 11.3 Å². The van der Waals surface area contributed by atoms with Gasteiger partial charge < -0.3 is 10.6 Å². The fourth-order valence-electron chi connectivity index (χ4n) is 1.60. The van der Waals surface area contributed by atoms with Gasteiger partial charge in [-0.15, -0.1) is 0 Å². The van der Waals surface area contributed by atoms with Crippen molar-refractivity contribution in [3.63, 3.8) is 0 Å². The van der Waals surface area contributed by atoms with Crippen molar-refractivity contribution in [2.24, 2.45) is 0 Å². The molecule has 0 saturated heterocycles. The molecule has 0 aliphatic carbocycles. The van der Waals surface area contributed by atoms with E-state index in [9.17, 15) is 9.59 Å². The summed E-state index contributed by atoms with van der Waals surface area (Å²) >= 11 is 0. The standard InChI is InChI=1S/C13H15N5O2/c1-8-12(7-16-18-8)17-13(20)10-3-4-14-11(5-10)6-15-9(2)19/h3-5,7H,6H2,1-2H3,(H,15,19)(H,16,18)(H,17,20). The lowest BCUT2D eigenvalue weighted by Crippen LogP contribution is -2.20. The molecule has 7 heteroatoms. The van der Waals surface area contributed by atoms with E-state index in [1.54, 1.807) is 18.3 Å². The summed E-state index contributed by atoms with van der Waals surface area (Å²) in [6, 6.07) is 3.25. The maximum Gasteiger partial charge on any atom is 0.255 e. The van der Waals surface area contributed by atoms with Gasteiger partial charge in [0.1, 0.15) is 0 Å². The fraction of sp³-hybridized carbons (Fsp3) is 0.231. The van der Waals surface area contributed by atoms with Crippen LogP contribution in [0, 0.1) is 6.92 Å². The number of carbonyl (C=O) groups is 2. The first kappa shape index (κ1) is 13.7. The molecule has 2 aromatic heterocycles. The van der Waals surface area contributed by atoms with Gasteiger partial charge in [0.25, 0.3) is 5.91 Å². The lowest BCUT2D eigenvalue weighted by Gasteiger charge is -2.06. The number of rotatable bonds is 4. The average molecular weight is 273 g/mol. The first-order valence-corrected chi connectivity index (χ1v) is 6.07. The minimum Gasteiger partial charge on any atom is -0.351 e. The highest BCUT2D eigenvalue weighted by Crippen LogP contribution is 2.12. The molecule has 2 amide bonds. The van der Waals surface area contributed by atoms with Gasteiger partial charge >= 0.3 is 0 Å². The summed E-state index contributed by atoms with van der Waals surface area (Å²) in [6.07, 6.45) is 3.08. The molecule has 20 heavy (non-hydrogen) atoms. The second-order valence-corrected chi connectivity index (χ2v) is 4.31. The number of H-pyrrole nitrogens is 1. The van der Waals surface area contributed by atoms with Crippen LogP contribution in [0.5, 0.6) is 0 Å². The second kappa shape index (κ2) is 5.96. The number of aryl methyl sites for hydroxylation is 1. The van der Waals surface area contributed by atoms with Crippen molar-refractivity contribution >= 4 is 17.5 Å². The van der Waals surface area contributed by atoms with Gasteiger partial charge in [0.2, 0.25) is 5.91 Å². The number of anilines is 1. The van der Waals surface area contributed by atoms with Crippen LogP contribution >= 0.6 is 0 Å². The summed E-state index contributed by atoms with van der Waals surface area (Å²) in [5, 5.41) is 12.0. The van der Waals surface area contributed by atoms with Gasteiger partial charge in [-0.3, -0.25) is 19.7 Å². The SMILES string of the molecule is CC(=O)NCc1cc(C(=O)Nc2cn[nH]c2C)ccn1. The van der Waals surface area contributed by atoms with Gasteiger partial charge in [-0.1, -0.05) is 0 Å². The topological polar surface area (TPSA) is 99.8 Å². The number of aromatic nitrogens is 3. The number of pyridine rings is 1. The molecule has 2 aromatic rings. The molecule has 0 aliphatic rings. The number of carbonyl (C=O) groups excluding carboxylic acids is 2. The Morgan fingerprint density at radius 3 is 2.85 bits per heavy atom. The normalized spacial score (nSPS) is 10.1. The summed E-state index contributed by atoms with van der Waals surface area (Å²) in [5.41, 5.74) is 2.51. The zero-order valence-electron chi connectivity index (χ0n) is 11.2. The highest BCUT2D eigenvalue weighted by molar-refractivity contribution is 6.04. The Labute approximate surface area is 115 Å². The third-order valence-corrected chi connectivity index (χ3v) is 2.68. The molecule has 2 heterocycles. The van der Waals surface area contributed by atoms with E-state index in [1.807, 2.05) is 6.92 Å². The molecule has 0 fully saturated rings. The van der Waals surface area contributed by atoms with Crippen LogP contribution in [0.15, 0.2) is 24.5 Å². The average Bonchev–Trinajstić information content (AvgIpc) is 2.82. The van der Waals surface area contributed by atoms with Crippen LogP contribution in [0.4, 0.5) is 5.69 Å². The zero-order chi connectivity index (χ0) is 14.5. The summed E-state index contributed by atoms with van der Waals surface area (Å²) in [7, 11) is 0. The van der Waals surface area contributed by atoms with E-state index < -0.39 is 0 Å². The third kappa shape index (κ3) is 3.41. The molecule has 0 bridgehead atoms. The predicted octanol–water partition coefficient (Wildman–Crippen LogP) is 1.00. The van der Waals surface area contributed by atoms with Crippen LogP contribution in [0.3, 0.4) is 0 Å². The number of aromatic amines is 1. The molecule has 0 aromatic carbocycles. The van der Waals surface area contributed by atoms with E-state index >= 15 is 0 Å². The van der Waals surface area contributed by atoms with Crippen molar-refractivity contribution in [3.05, 3.63) is 41.5 Å². The van der Waals surface area contributed by atoms with Crippen molar-refractivity contribution in [1.82, 2.24) is 20.5 Å². The first-order valence-electron chi connectivity index (χ1n) is 6.07. The maximum atomic E-state index is 12.1. The molecule has 0 unspecified atom stereocenters. The molecular formula is C13H15N5O2. The minimum atomic E-state index is -0.249. The zero-order valence-corrected chi connectivity index (χ0v) is 11.2. The van der Waals surface area contributed by atoms with Gasteiger partial charge in [0.05, 0.1) is 29.8 Å². The monoisotopic (exact) mass is 273 g/mol. The highest BCUT2D eigenvalue weighted by Gasteiger charge is 2.10.